The third-order valence-corrected chi connectivity index (χ3v) is 6.40. The van der Waals surface area contributed by atoms with Crippen molar-refractivity contribution in [1.82, 2.24) is 4.31 Å². The monoisotopic (exact) mass is 308 g/mol. The zero-order chi connectivity index (χ0) is 15.0. The average Bonchev–Trinajstić information content (AvgIpc) is 2.48. The summed E-state index contributed by atoms with van der Waals surface area (Å²) in [5.74, 6) is 0.0174. The molecule has 2 aliphatic heterocycles. The Kier molecular flexibility index (Phi) is 3.75. The Morgan fingerprint density at radius 3 is 2.67 bits per heavy atom. The number of carbonyl (C=O) groups excluding carboxylic acids is 1. The standard InChI is InChI=1S/C15H20N2O3S/c1-12-6-4-5-10-16(12)21(19,20)17-11-9-15(18)13-7-2-3-8-14(13)17/h2-3,7-8,12H,4-6,9-11H2,1H3. The Balaban J connectivity index is 2.00. The van der Waals surface area contributed by atoms with E-state index in [1.165, 1.54) is 4.31 Å². The Bertz CT molecular complexity index is 657. The summed E-state index contributed by atoms with van der Waals surface area (Å²) in [5.41, 5.74) is 1.03. The molecule has 1 fully saturated rings. The van der Waals surface area contributed by atoms with Crippen LogP contribution in [0.3, 0.4) is 0 Å². The molecule has 1 aromatic rings. The highest BCUT2D eigenvalue weighted by molar-refractivity contribution is 7.90. The lowest BCUT2D eigenvalue weighted by Crippen LogP contribution is -2.51. The van der Waals surface area contributed by atoms with Crippen molar-refractivity contribution in [3.63, 3.8) is 0 Å². The minimum atomic E-state index is -3.56. The normalized spacial score (nSPS) is 24.0. The lowest BCUT2D eigenvalue weighted by atomic mass is 10.0. The molecule has 0 aliphatic carbocycles. The zero-order valence-electron chi connectivity index (χ0n) is 12.2. The number of hydrogen-bond acceptors (Lipinski definition) is 3. The van der Waals surface area contributed by atoms with Gasteiger partial charge in [-0.3, -0.25) is 9.10 Å². The van der Waals surface area contributed by atoms with Crippen molar-refractivity contribution in [1.29, 1.82) is 0 Å². The van der Waals surface area contributed by atoms with Crippen LogP contribution >= 0.6 is 0 Å². The van der Waals surface area contributed by atoms with Crippen LogP contribution < -0.4 is 4.31 Å². The van der Waals surface area contributed by atoms with Gasteiger partial charge >= 0.3 is 10.2 Å². The molecular weight excluding hydrogens is 288 g/mol. The van der Waals surface area contributed by atoms with Crippen LogP contribution in [0.4, 0.5) is 5.69 Å². The Labute approximate surface area is 125 Å². The lowest BCUT2D eigenvalue weighted by Gasteiger charge is -2.38. The maximum atomic E-state index is 13.0. The van der Waals surface area contributed by atoms with Gasteiger partial charge < -0.3 is 0 Å². The van der Waals surface area contributed by atoms with E-state index in [1.807, 2.05) is 6.92 Å². The molecule has 2 aliphatic rings. The van der Waals surface area contributed by atoms with E-state index in [4.69, 9.17) is 0 Å². The second kappa shape index (κ2) is 5.42. The van der Waals surface area contributed by atoms with Gasteiger partial charge in [-0.1, -0.05) is 18.6 Å². The average molecular weight is 308 g/mol. The number of carbonyl (C=O) groups is 1. The third-order valence-electron chi connectivity index (χ3n) is 4.33. The molecule has 0 bridgehead atoms. The number of Topliss-reactive ketones (excluding diaryl/α,β-unsaturated/α-hetero) is 1. The van der Waals surface area contributed by atoms with E-state index < -0.39 is 10.2 Å². The van der Waals surface area contributed by atoms with Gasteiger partial charge in [0, 0.05) is 31.1 Å². The quantitative estimate of drug-likeness (QED) is 0.841. The molecule has 0 radical (unpaired) electrons. The Hall–Kier alpha value is -1.40. The second-order valence-electron chi connectivity index (χ2n) is 5.73. The fourth-order valence-electron chi connectivity index (χ4n) is 3.17. The molecule has 1 atom stereocenters. The molecule has 0 N–H and O–H groups in total. The number of fused-ring (bicyclic) bond motifs is 1. The highest BCUT2D eigenvalue weighted by Crippen LogP contribution is 2.32. The maximum Gasteiger partial charge on any atom is 0.304 e. The van der Waals surface area contributed by atoms with Crippen molar-refractivity contribution >= 4 is 21.7 Å². The summed E-state index contributed by atoms with van der Waals surface area (Å²) < 4.78 is 28.9. The van der Waals surface area contributed by atoms with Crippen LogP contribution in [0.1, 0.15) is 43.0 Å². The number of nitrogens with zero attached hydrogens (tertiary/aromatic N) is 2. The molecule has 6 heteroatoms. The smallest absolute Gasteiger partial charge is 0.294 e. The molecule has 3 rings (SSSR count). The van der Waals surface area contributed by atoms with Crippen molar-refractivity contribution in [2.24, 2.45) is 0 Å². The first-order chi connectivity index (χ1) is 10.0. The number of hydrogen-bond donors (Lipinski definition) is 0. The van der Waals surface area contributed by atoms with E-state index in [-0.39, 0.29) is 24.8 Å². The van der Waals surface area contributed by atoms with Gasteiger partial charge in [0.15, 0.2) is 5.78 Å². The van der Waals surface area contributed by atoms with Crippen LogP contribution in [0.25, 0.3) is 0 Å². The van der Waals surface area contributed by atoms with E-state index in [2.05, 4.69) is 0 Å². The molecular formula is C15H20N2O3S. The zero-order valence-corrected chi connectivity index (χ0v) is 13.0. The second-order valence-corrected chi connectivity index (χ2v) is 7.53. The first kappa shape index (κ1) is 14.5. The Morgan fingerprint density at radius 2 is 1.90 bits per heavy atom. The first-order valence-corrected chi connectivity index (χ1v) is 8.83. The molecule has 0 aromatic heterocycles. The lowest BCUT2D eigenvalue weighted by molar-refractivity contribution is 0.0982. The summed E-state index contributed by atoms with van der Waals surface area (Å²) in [6.45, 7) is 2.76. The van der Waals surface area contributed by atoms with Crippen molar-refractivity contribution < 1.29 is 13.2 Å². The number of benzene rings is 1. The molecule has 0 spiro atoms. The summed E-state index contributed by atoms with van der Waals surface area (Å²) in [6.07, 6.45) is 3.12. The van der Waals surface area contributed by atoms with E-state index in [1.54, 1.807) is 28.6 Å². The van der Waals surface area contributed by atoms with Gasteiger partial charge in [-0.2, -0.15) is 12.7 Å². The van der Waals surface area contributed by atoms with Crippen LogP contribution in [-0.4, -0.2) is 37.6 Å². The molecule has 1 aromatic carbocycles. The van der Waals surface area contributed by atoms with Gasteiger partial charge in [0.1, 0.15) is 0 Å². The summed E-state index contributed by atoms with van der Waals surface area (Å²) >= 11 is 0. The van der Waals surface area contributed by atoms with Gasteiger partial charge in [0.05, 0.1) is 5.69 Å². The highest BCUT2D eigenvalue weighted by atomic mass is 32.2. The van der Waals surface area contributed by atoms with Crippen molar-refractivity contribution in [3.8, 4) is 0 Å². The van der Waals surface area contributed by atoms with Crippen LogP contribution in [-0.2, 0) is 10.2 Å². The fourth-order valence-corrected chi connectivity index (χ4v) is 5.07. The third kappa shape index (κ3) is 2.46. The van der Waals surface area contributed by atoms with Gasteiger partial charge in [-0.25, -0.2) is 0 Å². The SMILES string of the molecule is CC1CCCCN1S(=O)(=O)N1CCC(=O)c2ccccc21. The fraction of sp³-hybridized carbons (Fsp3) is 0.533. The first-order valence-electron chi connectivity index (χ1n) is 7.43. The molecule has 0 amide bonds. The molecule has 21 heavy (non-hydrogen) atoms. The van der Waals surface area contributed by atoms with Gasteiger partial charge in [0.25, 0.3) is 0 Å². The van der Waals surface area contributed by atoms with Gasteiger partial charge in [0.2, 0.25) is 0 Å². The minimum Gasteiger partial charge on any atom is -0.294 e. The molecule has 1 unspecified atom stereocenters. The molecule has 2 heterocycles. The van der Waals surface area contributed by atoms with Crippen LogP contribution in [0.2, 0.25) is 0 Å². The Morgan fingerprint density at radius 1 is 1.14 bits per heavy atom. The molecule has 1 saturated heterocycles. The predicted molar refractivity (Wildman–Crippen MR) is 81.7 cm³/mol. The largest absolute Gasteiger partial charge is 0.304 e. The van der Waals surface area contributed by atoms with Crippen molar-refractivity contribution in [3.05, 3.63) is 29.8 Å². The molecule has 0 saturated carbocycles. The molecule has 5 nitrogen and oxygen atoms in total. The van der Waals surface area contributed by atoms with E-state index in [0.717, 1.165) is 19.3 Å². The maximum absolute atomic E-state index is 13.0. The van der Waals surface area contributed by atoms with Crippen LogP contribution in [0, 0.1) is 0 Å². The summed E-state index contributed by atoms with van der Waals surface area (Å²) in [5, 5.41) is 0. The van der Waals surface area contributed by atoms with Crippen molar-refractivity contribution in [2.45, 2.75) is 38.6 Å². The summed E-state index contributed by atoms with van der Waals surface area (Å²) in [6, 6.07) is 7.00. The van der Waals surface area contributed by atoms with E-state index >= 15 is 0 Å². The van der Waals surface area contributed by atoms with Gasteiger partial charge in [-0.05, 0) is 31.9 Å². The topological polar surface area (TPSA) is 57.7 Å². The number of ketones is 1. The van der Waals surface area contributed by atoms with E-state index in [9.17, 15) is 13.2 Å². The number of para-hydroxylation sites is 1. The van der Waals surface area contributed by atoms with Crippen LogP contribution in [0.15, 0.2) is 24.3 Å². The number of piperidine rings is 1. The predicted octanol–water partition coefficient (Wildman–Crippen LogP) is 2.20. The molecule has 114 valence electrons. The highest BCUT2D eigenvalue weighted by Gasteiger charge is 2.38. The number of rotatable bonds is 2. The summed E-state index contributed by atoms with van der Waals surface area (Å²) in [7, 11) is -3.56. The minimum absolute atomic E-state index is 0.0174. The van der Waals surface area contributed by atoms with Crippen LogP contribution in [0.5, 0.6) is 0 Å². The number of anilines is 1. The van der Waals surface area contributed by atoms with Crippen molar-refractivity contribution in [2.75, 3.05) is 17.4 Å². The van der Waals surface area contributed by atoms with Gasteiger partial charge in [-0.15, -0.1) is 0 Å². The summed E-state index contributed by atoms with van der Waals surface area (Å²) in [4.78, 5) is 12.0. The van der Waals surface area contributed by atoms with E-state index in [0.29, 0.717) is 17.8 Å².